The van der Waals surface area contributed by atoms with Crippen LogP contribution in [0, 0.1) is 32.6 Å². The number of sulfonamides is 1. The molecule has 0 spiro atoms. The van der Waals surface area contributed by atoms with Crippen molar-refractivity contribution in [1.82, 2.24) is 15.0 Å². The van der Waals surface area contributed by atoms with Crippen molar-refractivity contribution in [3.05, 3.63) is 52.2 Å². The summed E-state index contributed by atoms with van der Waals surface area (Å²) in [5.41, 5.74) is 4.25. The van der Waals surface area contributed by atoms with Gasteiger partial charge in [-0.3, -0.25) is 9.59 Å². The smallest absolute Gasteiger partial charge is 0.323 e. The molecular formula is C26H34N4O5S. The maximum Gasteiger partial charge on any atom is 0.323 e. The molecule has 10 heteroatoms. The molecule has 0 bridgehead atoms. The molecule has 0 radical (unpaired) electrons. The van der Waals surface area contributed by atoms with Gasteiger partial charge in [0.2, 0.25) is 15.9 Å². The Hall–Kier alpha value is -2.98. The number of carboxylic acids is 1. The Morgan fingerprint density at radius 2 is 1.86 bits per heavy atom. The van der Waals surface area contributed by atoms with E-state index in [1.807, 2.05) is 6.92 Å². The number of aryl methyl sites for hydroxylation is 4. The van der Waals surface area contributed by atoms with E-state index >= 15 is 0 Å². The second-order valence-corrected chi connectivity index (χ2v) is 11.7. The lowest BCUT2D eigenvalue weighted by atomic mass is 9.72. The second-order valence-electron chi connectivity index (χ2n) is 10.1. The molecule has 1 aromatic heterocycles. The first-order valence-corrected chi connectivity index (χ1v) is 13.8. The number of carboxylic acid groups (broad SMARTS) is 1. The topological polar surface area (TPSA) is 137 Å². The van der Waals surface area contributed by atoms with Crippen LogP contribution in [-0.4, -0.2) is 49.5 Å². The van der Waals surface area contributed by atoms with E-state index < -0.39 is 22.0 Å². The van der Waals surface area contributed by atoms with Gasteiger partial charge in [0.1, 0.15) is 11.9 Å². The lowest BCUT2D eigenvalue weighted by Crippen LogP contribution is -2.50. The van der Waals surface area contributed by atoms with Gasteiger partial charge in [-0.05, 0) is 81.5 Å². The Labute approximate surface area is 212 Å². The maximum absolute atomic E-state index is 13.0. The zero-order chi connectivity index (χ0) is 26.0. The van der Waals surface area contributed by atoms with Crippen molar-refractivity contribution in [2.45, 2.75) is 63.8 Å². The molecule has 1 aliphatic carbocycles. The summed E-state index contributed by atoms with van der Waals surface area (Å²) < 4.78 is 28.2. The lowest BCUT2D eigenvalue weighted by molar-refractivity contribution is -0.139. The van der Waals surface area contributed by atoms with Crippen LogP contribution in [0.4, 0.5) is 5.82 Å². The third-order valence-corrected chi connectivity index (χ3v) is 8.78. The number of hydrogen-bond acceptors (Lipinski definition) is 6. The average Bonchev–Trinajstić information content (AvgIpc) is 2.77. The molecule has 2 aliphatic rings. The summed E-state index contributed by atoms with van der Waals surface area (Å²) in [5, 5.41) is 15.6. The largest absolute Gasteiger partial charge is 0.480 e. The molecule has 2 heterocycles. The number of nitrogens with one attached hydrogen (secondary N) is 3. The Morgan fingerprint density at radius 3 is 2.53 bits per heavy atom. The number of fused-ring (bicyclic) bond motifs is 1. The Balaban J connectivity index is 1.29. The van der Waals surface area contributed by atoms with Gasteiger partial charge < -0.3 is 15.7 Å². The zero-order valence-electron chi connectivity index (χ0n) is 20.9. The van der Waals surface area contributed by atoms with Crippen LogP contribution in [0.25, 0.3) is 0 Å². The van der Waals surface area contributed by atoms with Gasteiger partial charge >= 0.3 is 5.97 Å². The van der Waals surface area contributed by atoms with Crippen molar-refractivity contribution in [2.75, 3.05) is 18.4 Å². The number of aliphatic carboxylic acids is 1. The van der Waals surface area contributed by atoms with E-state index in [9.17, 15) is 23.1 Å². The van der Waals surface area contributed by atoms with Crippen molar-refractivity contribution >= 4 is 27.7 Å². The molecule has 1 saturated carbocycles. The molecular weight excluding hydrogens is 480 g/mol. The van der Waals surface area contributed by atoms with Gasteiger partial charge in [-0.15, -0.1) is 0 Å². The van der Waals surface area contributed by atoms with E-state index in [1.165, 1.54) is 5.56 Å². The number of pyridine rings is 1. The molecule has 194 valence electrons. The van der Waals surface area contributed by atoms with Gasteiger partial charge in [-0.1, -0.05) is 23.8 Å². The molecule has 1 fully saturated rings. The van der Waals surface area contributed by atoms with Crippen molar-refractivity contribution in [3.63, 3.8) is 0 Å². The molecule has 36 heavy (non-hydrogen) atoms. The Morgan fingerprint density at radius 1 is 1.17 bits per heavy atom. The number of nitrogens with zero attached hydrogens (tertiary/aromatic N) is 1. The Kier molecular flexibility index (Phi) is 7.65. The van der Waals surface area contributed by atoms with Crippen LogP contribution in [0.1, 0.15) is 47.2 Å². The van der Waals surface area contributed by atoms with Crippen LogP contribution in [0.15, 0.2) is 29.2 Å². The maximum atomic E-state index is 13.0. The van der Waals surface area contributed by atoms with E-state index in [0.717, 1.165) is 42.9 Å². The predicted octanol–water partition coefficient (Wildman–Crippen LogP) is 2.48. The fourth-order valence-electron chi connectivity index (χ4n) is 5.26. The number of anilines is 1. The molecule has 4 N–H and O–H groups in total. The van der Waals surface area contributed by atoms with Crippen LogP contribution >= 0.6 is 0 Å². The van der Waals surface area contributed by atoms with Crippen LogP contribution < -0.4 is 15.4 Å². The highest BCUT2D eigenvalue weighted by Gasteiger charge is 2.36. The summed E-state index contributed by atoms with van der Waals surface area (Å²) >= 11 is 0. The molecule has 4 rings (SSSR count). The van der Waals surface area contributed by atoms with Gasteiger partial charge in [0, 0.05) is 24.7 Å². The molecule has 1 amide bonds. The number of aromatic nitrogens is 1. The van der Waals surface area contributed by atoms with E-state index in [2.05, 4.69) is 27.5 Å². The first-order valence-electron chi connectivity index (χ1n) is 12.4. The summed E-state index contributed by atoms with van der Waals surface area (Å²) in [7, 11) is -4.09. The monoisotopic (exact) mass is 514 g/mol. The predicted molar refractivity (Wildman–Crippen MR) is 136 cm³/mol. The second kappa shape index (κ2) is 10.6. The summed E-state index contributed by atoms with van der Waals surface area (Å²) in [5.74, 6) is -0.501. The molecule has 1 unspecified atom stereocenters. The number of carbonyl (C=O) groups excluding carboxylic acids is 1. The molecule has 1 atom stereocenters. The molecule has 9 nitrogen and oxygen atoms in total. The van der Waals surface area contributed by atoms with Crippen molar-refractivity contribution in [1.29, 1.82) is 0 Å². The van der Waals surface area contributed by atoms with E-state index in [4.69, 9.17) is 4.98 Å². The highest BCUT2D eigenvalue weighted by Crippen LogP contribution is 2.36. The van der Waals surface area contributed by atoms with Crippen molar-refractivity contribution in [2.24, 2.45) is 11.8 Å². The minimum absolute atomic E-state index is 0.0681. The first-order chi connectivity index (χ1) is 17.0. The summed E-state index contributed by atoms with van der Waals surface area (Å²) in [6.45, 7) is 5.83. The Bertz CT molecular complexity index is 1250. The highest BCUT2D eigenvalue weighted by molar-refractivity contribution is 7.89. The van der Waals surface area contributed by atoms with Crippen LogP contribution in [-0.2, 0) is 32.5 Å². The molecule has 2 aromatic rings. The highest BCUT2D eigenvalue weighted by atomic mass is 32.2. The first kappa shape index (κ1) is 26.1. The quantitative estimate of drug-likeness (QED) is 0.403. The number of carbonyl (C=O) groups is 2. The fourth-order valence-corrected chi connectivity index (χ4v) is 6.90. The minimum atomic E-state index is -4.09. The molecule has 1 aliphatic heterocycles. The average molecular weight is 515 g/mol. The van der Waals surface area contributed by atoms with Crippen LogP contribution in [0.2, 0.25) is 0 Å². The SMILES string of the molecule is Cc1cc(C)c(S(=O)(=O)NC(CNC(=O)C2CC(Cc3ccc4c(n3)NCCC4)C2)C(=O)O)c(C)c1. The molecule has 0 saturated heterocycles. The minimum Gasteiger partial charge on any atom is -0.480 e. The van der Waals surface area contributed by atoms with Gasteiger partial charge in [0.15, 0.2) is 0 Å². The van der Waals surface area contributed by atoms with Crippen LogP contribution in [0.3, 0.4) is 0 Å². The number of rotatable bonds is 9. The number of amides is 1. The standard InChI is InChI=1S/C26H34N4O5S/c1-15-9-16(2)23(17(3)10-15)36(34,35)30-22(26(32)33)14-28-25(31)20-11-18(12-20)13-21-7-6-19-5-4-8-27-24(19)29-21/h6-7,9-10,18,20,22,30H,4-5,8,11-14H2,1-3H3,(H,27,29)(H,28,31)(H,32,33). The molecule has 1 aromatic carbocycles. The van der Waals surface area contributed by atoms with E-state index in [-0.39, 0.29) is 23.3 Å². The third kappa shape index (κ3) is 5.87. The van der Waals surface area contributed by atoms with Gasteiger partial charge in [0.05, 0.1) is 4.90 Å². The fraction of sp³-hybridized carbons (Fsp3) is 0.500. The summed E-state index contributed by atoms with van der Waals surface area (Å²) in [4.78, 5) is 29.2. The zero-order valence-corrected chi connectivity index (χ0v) is 21.7. The van der Waals surface area contributed by atoms with Crippen molar-refractivity contribution < 1.29 is 23.1 Å². The number of hydrogen-bond donors (Lipinski definition) is 4. The number of benzene rings is 1. The van der Waals surface area contributed by atoms with Crippen molar-refractivity contribution in [3.8, 4) is 0 Å². The third-order valence-electron chi connectivity index (χ3n) is 7.01. The van der Waals surface area contributed by atoms with Gasteiger partial charge in [0.25, 0.3) is 0 Å². The summed E-state index contributed by atoms with van der Waals surface area (Å²) in [6, 6.07) is 6.19. The van der Waals surface area contributed by atoms with Crippen LogP contribution in [0.5, 0.6) is 0 Å². The lowest BCUT2D eigenvalue weighted by Gasteiger charge is -2.34. The van der Waals surface area contributed by atoms with Gasteiger partial charge in [-0.2, -0.15) is 4.72 Å². The van der Waals surface area contributed by atoms with E-state index in [1.54, 1.807) is 26.0 Å². The summed E-state index contributed by atoms with van der Waals surface area (Å²) in [6.07, 6.45) is 4.35. The van der Waals surface area contributed by atoms with E-state index in [0.29, 0.717) is 29.9 Å². The van der Waals surface area contributed by atoms with Gasteiger partial charge in [-0.25, -0.2) is 13.4 Å². The normalized spacial score (nSPS) is 20.0.